The van der Waals surface area contributed by atoms with Gasteiger partial charge in [0.2, 0.25) is 0 Å². The summed E-state index contributed by atoms with van der Waals surface area (Å²) in [5.74, 6) is 0.106. The molecule has 1 heterocycles. The SMILES string of the molecule is CCCCC1=C(C)OC(OC)(OC)C1. The molecule has 0 aromatic rings. The molecule has 0 unspecified atom stereocenters. The van der Waals surface area contributed by atoms with Gasteiger partial charge in [0, 0.05) is 14.2 Å². The van der Waals surface area contributed by atoms with Gasteiger partial charge in [-0.15, -0.1) is 0 Å². The Morgan fingerprint density at radius 3 is 2.43 bits per heavy atom. The molecule has 0 aromatic heterocycles. The predicted molar refractivity (Wildman–Crippen MR) is 54.7 cm³/mol. The maximum absolute atomic E-state index is 5.59. The van der Waals surface area contributed by atoms with E-state index >= 15 is 0 Å². The molecule has 1 rings (SSSR count). The molecule has 0 bridgehead atoms. The molecule has 0 N–H and O–H groups in total. The van der Waals surface area contributed by atoms with Crippen LogP contribution in [0.5, 0.6) is 0 Å². The largest absolute Gasteiger partial charge is 0.444 e. The summed E-state index contributed by atoms with van der Waals surface area (Å²) >= 11 is 0. The van der Waals surface area contributed by atoms with Gasteiger partial charge >= 0.3 is 5.97 Å². The van der Waals surface area contributed by atoms with Crippen molar-refractivity contribution in [1.82, 2.24) is 0 Å². The summed E-state index contributed by atoms with van der Waals surface area (Å²) in [6, 6.07) is 0. The van der Waals surface area contributed by atoms with Gasteiger partial charge in [0.25, 0.3) is 0 Å². The quantitative estimate of drug-likeness (QED) is 0.639. The fraction of sp³-hybridized carbons (Fsp3) is 0.818. The molecule has 0 saturated heterocycles. The number of ether oxygens (including phenoxy) is 3. The lowest BCUT2D eigenvalue weighted by Crippen LogP contribution is -2.33. The molecular formula is C11H20O3. The third-order valence-corrected chi connectivity index (χ3v) is 2.69. The Bertz CT molecular complexity index is 217. The van der Waals surface area contributed by atoms with E-state index in [1.54, 1.807) is 14.2 Å². The molecule has 3 heteroatoms. The topological polar surface area (TPSA) is 27.7 Å². The second kappa shape index (κ2) is 4.80. The third kappa shape index (κ3) is 2.28. The fourth-order valence-electron chi connectivity index (χ4n) is 1.69. The molecule has 0 aliphatic carbocycles. The zero-order valence-corrected chi connectivity index (χ0v) is 9.55. The van der Waals surface area contributed by atoms with Gasteiger partial charge in [0.1, 0.15) is 0 Å². The van der Waals surface area contributed by atoms with E-state index in [1.165, 1.54) is 18.4 Å². The molecule has 0 saturated carbocycles. The Hall–Kier alpha value is -0.540. The van der Waals surface area contributed by atoms with Gasteiger partial charge in [-0.1, -0.05) is 13.3 Å². The summed E-state index contributed by atoms with van der Waals surface area (Å²) in [4.78, 5) is 0. The minimum atomic E-state index is -0.854. The second-order valence-electron chi connectivity index (χ2n) is 3.63. The van der Waals surface area contributed by atoms with E-state index in [9.17, 15) is 0 Å². The summed E-state index contributed by atoms with van der Waals surface area (Å²) in [6.07, 6.45) is 4.20. The van der Waals surface area contributed by atoms with E-state index < -0.39 is 5.97 Å². The number of hydrogen-bond donors (Lipinski definition) is 0. The maximum atomic E-state index is 5.59. The lowest BCUT2D eigenvalue weighted by Gasteiger charge is -2.25. The number of allylic oxidation sites excluding steroid dienone is 1. The molecule has 82 valence electrons. The molecule has 1 aliphatic heterocycles. The van der Waals surface area contributed by atoms with E-state index in [1.807, 2.05) is 6.92 Å². The minimum Gasteiger partial charge on any atom is -0.444 e. The van der Waals surface area contributed by atoms with Crippen LogP contribution >= 0.6 is 0 Å². The van der Waals surface area contributed by atoms with Gasteiger partial charge in [-0.2, -0.15) is 0 Å². The first-order chi connectivity index (χ1) is 6.67. The highest BCUT2D eigenvalue weighted by Crippen LogP contribution is 2.37. The summed E-state index contributed by atoms with van der Waals surface area (Å²) in [5.41, 5.74) is 1.32. The average molecular weight is 200 g/mol. The summed E-state index contributed by atoms with van der Waals surface area (Å²) in [5, 5.41) is 0. The first-order valence-electron chi connectivity index (χ1n) is 5.15. The van der Waals surface area contributed by atoms with Crippen LogP contribution in [0.2, 0.25) is 0 Å². The second-order valence-corrected chi connectivity index (χ2v) is 3.63. The molecule has 14 heavy (non-hydrogen) atoms. The first-order valence-corrected chi connectivity index (χ1v) is 5.15. The van der Waals surface area contributed by atoms with E-state index in [0.717, 1.165) is 18.6 Å². The Morgan fingerprint density at radius 2 is 2.00 bits per heavy atom. The van der Waals surface area contributed by atoms with Gasteiger partial charge in [0.15, 0.2) is 0 Å². The van der Waals surface area contributed by atoms with Crippen LogP contribution in [0.15, 0.2) is 11.3 Å². The van der Waals surface area contributed by atoms with Crippen LogP contribution in [-0.4, -0.2) is 20.2 Å². The molecule has 1 aliphatic rings. The predicted octanol–water partition coefficient (Wildman–Crippen LogP) is 2.82. The molecule has 0 radical (unpaired) electrons. The molecule has 0 spiro atoms. The monoisotopic (exact) mass is 200 g/mol. The van der Waals surface area contributed by atoms with Gasteiger partial charge < -0.3 is 14.2 Å². The van der Waals surface area contributed by atoms with Crippen LogP contribution < -0.4 is 0 Å². The summed E-state index contributed by atoms with van der Waals surface area (Å²) in [7, 11) is 3.22. The van der Waals surface area contributed by atoms with Gasteiger partial charge in [-0.05, 0) is 25.3 Å². The zero-order valence-electron chi connectivity index (χ0n) is 9.55. The van der Waals surface area contributed by atoms with Crippen molar-refractivity contribution in [3.63, 3.8) is 0 Å². The van der Waals surface area contributed by atoms with Crippen LogP contribution in [0.1, 0.15) is 39.5 Å². The van der Waals surface area contributed by atoms with Crippen LogP contribution in [0.25, 0.3) is 0 Å². The maximum Gasteiger partial charge on any atom is 0.330 e. The normalized spacial score (nSPS) is 20.0. The van der Waals surface area contributed by atoms with Gasteiger partial charge in [-0.25, -0.2) is 0 Å². The van der Waals surface area contributed by atoms with Crippen molar-refractivity contribution < 1.29 is 14.2 Å². The Balaban J connectivity index is 2.58. The van der Waals surface area contributed by atoms with E-state index in [-0.39, 0.29) is 0 Å². The highest BCUT2D eigenvalue weighted by Gasteiger charge is 2.39. The Kier molecular flexibility index (Phi) is 3.96. The van der Waals surface area contributed by atoms with Crippen molar-refractivity contribution in [3.05, 3.63) is 11.3 Å². The third-order valence-electron chi connectivity index (χ3n) is 2.69. The van der Waals surface area contributed by atoms with E-state index in [2.05, 4.69) is 6.92 Å². The zero-order chi connectivity index (χ0) is 10.6. The standard InChI is InChI=1S/C11H20O3/c1-5-6-7-10-8-11(12-3,13-4)14-9(10)2/h5-8H2,1-4H3. The fourth-order valence-corrected chi connectivity index (χ4v) is 1.69. The van der Waals surface area contributed by atoms with E-state index in [0.29, 0.717) is 0 Å². The molecule has 0 fully saturated rings. The van der Waals surface area contributed by atoms with Crippen LogP contribution in [0.4, 0.5) is 0 Å². The van der Waals surface area contributed by atoms with Crippen molar-refractivity contribution in [2.45, 2.75) is 45.5 Å². The Morgan fingerprint density at radius 1 is 1.36 bits per heavy atom. The van der Waals surface area contributed by atoms with Crippen LogP contribution in [-0.2, 0) is 14.2 Å². The number of rotatable bonds is 5. The van der Waals surface area contributed by atoms with Crippen molar-refractivity contribution in [1.29, 1.82) is 0 Å². The first kappa shape index (κ1) is 11.5. The van der Waals surface area contributed by atoms with Crippen molar-refractivity contribution >= 4 is 0 Å². The molecule has 3 nitrogen and oxygen atoms in total. The van der Waals surface area contributed by atoms with Crippen molar-refractivity contribution in [2.75, 3.05) is 14.2 Å². The Labute approximate surface area is 86.0 Å². The van der Waals surface area contributed by atoms with Crippen molar-refractivity contribution in [3.8, 4) is 0 Å². The summed E-state index contributed by atoms with van der Waals surface area (Å²) < 4.78 is 16.1. The minimum absolute atomic E-state index is 0.728. The number of methoxy groups -OCH3 is 2. The smallest absolute Gasteiger partial charge is 0.330 e. The number of unbranched alkanes of at least 4 members (excludes halogenated alkanes) is 1. The highest BCUT2D eigenvalue weighted by molar-refractivity contribution is 5.13. The molecule has 0 aromatic carbocycles. The average Bonchev–Trinajstić information content (AvgIpc) is 2.53. The molecular weight excluding hydrogens is 180 g/mol. The van der Waals surface area contributed by atoms with Gasteiger partial charge in [0.05, 0.1) is 12.2 Å². The molecule has 0 amide bonds. The lowest BCUT2D eigenvalue weighted by atomic mass is 10.1. The number of hydrogen-bond acceptors (Lipinski definition) is 3. The van der Waals surface area contributed by atoms with Crippen LogP contribution in [0.3, 0.4) is 0 Å². The summed E-state index contributed by atoms with van der Waals surface area (Å²) in [6.45, 7) is 4.16. The van der Waals surface area contributed by atoms with Crippen molar-refractivity contribution in [2.24, 2.45) is 0 Å². The highest BCUT2D eigenvalue weighted by atomic mass is 16.9. The molecule has 0 atom stereocenters. The van der Waals surface area contributed by atoms with Crippen LogP contribution in [0, 0.1) is 0 Å². The van der Waals surface area contributed by atoms with E-state index in [4.69, 9.17) is 14.2 Å². The lowest BCUT2D eigenvalue weighted by molar-refractivity contribution is -0.334. The van der Waals surface area contributed by atoms with Gasteiger partial charge in [-0.3, -0.25) is 0 Å².